The van der Waals surface area contributed by atoms with E-state index < -0.39 is 35.1 Å². The van der Waals surface area contributed by atoms with Crippen molar-refractivity contribution >= 4 is 23.1 Å². The first-order valence-corrected chi connectivity index (χ1v) is 8.55. The Labute approximate surface area is 163 Å². The number of rotatable bonds is 3. The molecule has 1 unspecified atom stereocenters. The van der Waals surface area contributed by atoms with E-state index in [1.165, 1.54) is 43.0 Å². The summed E-state index contributed by atoms with van der Waals surface area (Å²) in [5.74, 6) is -4.54. The van der Waals surface area contributed by atoms with E-state index in [0.717, 1.165) is 17.0 Å². The minimum Gasteiger partial charge on any atom is -0.507 e. The third-order valence-corrected chi connectivity index (χ3v) is 4.60. The van der Waals surface area contributed by atoms with Gasteiger partial charge in [0.05, 0.1) is 11.6 Å². The van der Waals surface area contributed by atoms with Crippen LogP contribution in [0, 0.1) is 11.6 Å². The van der Waals surface area contributed by atoms with Crippen LogP contribution in [0.1, 0.15) is 17.2 Å². The highest BCUT2D eigenvalue weighted by molar-refractivity contribution is 6.51. The molecule has 0 spiro atoms. The zero-order valence-electron chi connectivity index (χ0n) is 14.8. The number of Topliss-reactive ketones (excluding diaryl/α,β-unsaturated/α-hetero) is 1. The molecule has 144 valence electrons. The molecule has 1 aromatic carbocycles. The first-order valence-electron chi connectivity index (χ1n) is 8.55. The standard InChI is InChI=1S/C21H13F2N3O3/c22-15-2-1-14(11-16(15)23)26-18(12-3-7-24-8-4-12)17(20(28)21(26)29)19(27)13-5-9-25-10-6-13/h1-11,18,27H/b19-17+. The molecule has 1 fully saturated rings. The van der Waals surface area contributed by atoms with E-state index in [4.69, 9.17) is 0 Å². The molecule has 0 aliphatic carbocycles. The van der Waals surface area contributed by atoms with Gasteiger partial charge in [0, 0.05) is 42.1 Å². The first kappa shape index (κ1) is 18.4. The van der Waals surface area contributed by atoms with Gasteiger partial charge in [-0.3, -0.25) is 24.5 Å². The van der Waals surface area contributed by atoms with Crippen LogP contribution in [0.3, 0.4) is 0 Å². The largest absolute Gasteiger partial charge is 0.507 e. The molecular formula is C21H13F2N3O3. The van der Waals surface area contributed by atoms with Gasteiger partial charge in [-0.05, 0) is 42.0 Å². The summed E-state index contributed by atoms with van der Waals surface area (Å²) in [6, 6.07) is 7.98. The highest BCUT2D eigenvalue weighted by atomic mass is 19.2. The van der Waals surface area contributed by atoms with Crippen LogP contribution in [0.4, 0.5) is 14.5 Å². The van der Waals surface area contributed by atoms with Crippen molar-refractivity contribution in [3.63, 3.8) is 0 Å². The van der Waals surface area contributed by atoms with Crippen LogP contribution in [0.25, 0.3) is 5.76 Å². The number of aliphatic hydroxyl groups excluding tert-OH is 1. The Morgan fingerprint density at radius 3 is 2.14 bits per heavy atom. The lowest BCUT2D eigenvalue weighted by Gasteiger charge is -2.25. The van der Waals surface area contributed by atoms with E-state index >= 15 is 0 Å². The van der Waals surface area contributed by atoms with Gasteiger partial charge in [0.15, 0.2) is 11.6 Å². The number of carbonyl (C=O) groups is 2. The fourth-order valence-electron chi connectivity index (χ4n) is 3.26. The second-order valence-corrected chi connectivity index (χ2v) is 6.28. The van der Waals surface area contributed by atoms with Gasteiger partial charge < -0.3 is 5.11 Å². The fraction of sp³-hybridized carbons (Fsp3) is 0.0476. The number of benzene rings is 1. The normalized spacial score (nSPS) is 18.3. The highest BCUT2D eigenvalue weighted by Crippen LogP contribution is 2.42. The van der Waals surface area contributed by atoms with Crippen LogP contribution in [0.2, 0.25) is 0 Å². The summed E-state index contributed by atoms with van der Waals surface area (Å²) in [5, 5.41) is 10.8. The van der Waals surface area contributed by atoms with Crippen LogP contribution < -0.4 is 4.90 Å². The van der Waals surface area contributed by atoms with Crippen molar-refractivity contribution < 1.29 is 23.5 Å². The minimum atomic E-state index is -1.16. The topological polar surface area (TPSA) is 83.4 Å². The maximum Gasteiger partial charge on any atom is 0.300 e. The van der Waals surface area contributed by atoms with Crippen molar-refractivity contribution in [2.75, 3.05) is 4.90 Å². The maximum absolute atomic E-state index is 13.8. The number of carbonyl (C=O) groups excluding carboxylic acids is 2. The molecule has 8 heteroatoms. The SMILES string of the molecule is O=C1C(=O)N(c2ccc(F)c(F)c2)C(c2ccncc2)/C1=C(\O)c1ccncc1. The van der Waals surface area contributed by atoms with Gasteiger partial charge in [0.25, 0.3) is 11.7 Å². The van der Waals surface area contributed by atoms with Gasteiger partial charge >= 0.3 is 0 Å². The van der Waals surface area contributed by atoms with Crippen molar-refractivity contribution in [2.24, 2.45) is 0 Å². The number of anilines is 1. The Balaban J connectivity index is 1.95. The molecule has 29 heavy (non-hydrogen) atoms. The Morgan fingerprint density at radius 2 is 1.52 bits per heavy atom. The average Bonchev–Trinajstić information content (AvgIpc) is 3.02. The van der Waals surface area contributed by atoms with Crippen molar-refractivity contribution in [2.45, 2.75) is 6.04 Å². The summed E-state index contributed by atoms with van der Waals surface area (Å²) in [5.41, 5.74) is 0.584. The van der Waals surface area contributed by atoms with Gasteiger partial charge in [0.2, 0.25) is 0 Å². The van der Waals surface area contributed by atoms with Crippen molar-refractivity contribution in [3.8, 4) is 0 Å². The van der Waals surface area contributed by atoms with Crippen molar-refractivity contribution in [1.29, 1.82) is 0 Å². The molecule has 0 saturated carbocycles. The number of hydrogen-bond donors (Lipinski definition) is 1. The summed E-state index contributed by atoms with van der Waals surface area (Å²) in [4.78, 5) is 34.5. The third-order valence-electron chi connectivity index (χ3n) is 4.60. The number of aliphatic hydroxyl groups is 1. The molecule has 1 aliphatic rings. The van der Waals surface area contributed by atoms with E-state index in [1.807, 2.05) is 0 Å². The lowest BCUT2D eigenvalue weighted by molar-refractivity contribution is -0.132. The van der Waals surface area contributed by atoms with Crippen LogP contribution >= 0.6 is 0 Å². The van der Waals surface area contributed by atoms with Crippen LogP contribution in [0.15, 0.2) is 72.8 Å². The van der Waals surface area contributed by atoms with Crippen LogP contribution in [-0.4, -0.2) is 26.8 Å². The van der Waals surface area contributed by atoms with Crippen molar-refractivity contribution in [3.05, 3.63) is 95.6 Å². The summed E-state index contributed by atoms with van der Waals surface area (Å²) in [6.07, 6.45) is 5.80. The average molecular weight is 393 g/mol. The number of hydrogen-bond acceptors (Lipinski definition) is 5. The monoisotopic (exact) mass is 393 g/mol. The minimum absolute atomic E-state index is 0.0124. The Bertz CT molecular complexity index is 1130. The van der Waals surface area contributed by atoms with E-state index in [9.17, 15) is 23.5 Å². The van der Waals surface area contributed by atoms with Gasteiger partial charge in [-0.25, -0.2) is 8.78 Å². The van der Waals surface area contributed by atoms with E-state index in [2.05, 4.69) is 9.97 Å². The van der Waals surface area contributed by atoms with Crippen LogP contribution in [0.5, 0.6) is 0 Å². The molecule has 4 rings (SSSR count). The van der Waals surface area contributed by atoms with Gasteiger partial charge in [-0.2, -0.15) is 0 Å². The molecule has 1 aliphatic heterocycles. The first-order chi connectivity index (χ1) is 14.0. The summed E-state index contributed by atoms with van der Waals surface area (Å²) >= 11 is 0. The molecule has 1 amide bonds. The number of ketones is 1. The molecule has 3 aromatic rings. The van der Waals surface area contributed by atoms with Gasteiger partial charge in [0.1, 0.15) is 5.76 Å². The predicted molar refractivity (Wildman–Crippen MR) is 99.6 cm³/mol. The smallest absolute Gasteiger partial charge is 0.300 e. The predicted octanol–water partition coefficient (Wildman–Crippen LogP) is 3.38. The number of pyridine rings is 2. The highest BCUT2D eigenvalue weighted by Gasteiger charge is 2.47. The molecular weight excluding hydrogens is 380 g/mol. The number of aromatic nitrogens is 2. The third kappa shape index (κ3) is 3.14. The molecule has 0 bridgehead atoms. The Morgan fingerprint density at radius 1 is 0.897 bits per heavy atom. The summed E-state index contributed by atoms with van der Waals surface area (Å²) in [6.45, 7) is 0. The fourth-order valence-corrected chi connectivity index (χ4v) is 3.26. The molecule has 1 atom stereocenters. The Hall–Kier alpha value is -3.94. The lowest BCUT2D eigenvalue weighted by Crippen LogP contribution is -2.29. The molecule has 6 nitrogen and oxygen atoms in total. The maximum atomic E-state index is 13.8. The number of nitrogens with zero attached hydrogens (tertiary/aromatic N) is 3. The quantitative estimate of drug-likeness (QED) is 0.419. The molecule has 2 aromatic heterocycles. The molecule has 0 radical (unpaired) electrons. The number of halogens is 2. The zero-order chi connectivity index (χ0) is 20.5. The van der Waals surface area contributed by atoms with Gasteiger partial charge in [-0.15, -0.1) is 0 Å². The second-order valence-electron chi connectivity index (χ2n) is 6.28. The zero-order valence-corrected chi connectivity index (χ0v) is 14.8. The summed E-state index contributed by atoms with van der Waals surface area (Å²) in [7, 11) is 0. The van der Waals surface area contributed by atoms with E-state index in [0.29, 0.717) is 11.1 Å². The second kappa shape index (κ2) is 7.23. The Kier molecular flexibility index (Phi) is 4.59. The van der Waals surface area contributed by atoms with Crippen molar-refractivity contribution in [1.82, 2.24) is 9.97 Å². The molecule has 1 N–H and O–H groups in total. The number of amides is 1. The molecule has 1 saturated heterocycles. The van der Waals surface area contributed by atoms with Crippen LogP contribution in [-0.2, 0) is 9.59 Å². The summed E-state index contributed by atoms with van der Waals surface area (Å²) < 4.78 is 27.2. The van der Waals surface area contributed by atoms with E-state index in [-0.39, 0.29) is 11.3 Å². The van der Waals surface area contributed by atoms with E-state index in [1.54, 1.807) is 12.1 Å². The van der Waals surface area contributed by atoms with Gasteiger partial charge in [-0.1, -0.05) is 0 Å². The lowest BCUT2D eigenvalue weighted by atomic mass is 9.96. The molecule has 3 heterocycles.